The second kappa shape index (κ2) is 11.4. The van der Waals surface area contributed by atoms with Gasteiger partial charge in [0.25, 0.3) is 0 Å². The summed E-state index contributed by atoms with van der Waals surface area (Å²) in [6.07, 6.45) is 4.57. The second-order valence-corrected chi connectivity index (χ2v) is 10.4. The van der Waals surface area contributed by atoms with Crippen molar-refractivity contribution in [2.24, 2.45) is 11.8 Å². The average Bonchev–Trinajstić information content (AvgIpc) is 3.07. The minimum Gasteiger partial charge on any atom is -0.493 e. The van der Waals surface area contributed by atoms with Crippen molar-refractivity contribution in [2.45, 2.75) is 60.3 Å². The molecule has 2 aromatic rings. The van der Waals surface area contributed by atoms with Crippen LogP contribution in [0.1, 0.15) is 67.8 Å². The molecular weight excluding hydrogens is 400 g/mol. The summed E-state index contributed by atoms with van der Waals surface area (Å²) < 4.78 is 6.14. The van der Waals surface area contributed by atoms with E-state index in [9.17, 15) is 0 Å². The molecule has 0 radical (unpaired) electrons. The van der Waals surface area contributed by atoms with Gasteiger partial charge in [-0.1, -0.05) is 40.2 Å². The Morgan fingerprint density at radius 1 is 0.964 bits per heavy atom. The molecule has 0 atom stereocenters. The number of hydrogen-bond donors (Lipinski definition) is 2. The number of thiophene rings is 1. The summed E-state index contributed by atoms with van der Waals surface area (Å²) in [4.78, 5) is 4.22. The van der Waals surface area contributed by atoms with Gasteiger partial charge in [0.05, 0.1) is 6.61 Å². The van der Waals surface area contributed by atoms with Crippen molar-refractivity contribution >= 4 is 46.4 Å². The molecule has 0 N–H and O–H groups in total. The Hall–Kier alpha value is -0.840. The fourth-order valence-electron chi connectivity index (χ4n) is 2.97. The Balaban J connectivity index is 2.32. The SMILES string of the molecule is Cc1ccc(/C(S)=C(/S)c2cc(CCCC(C)C)ccc2OCCC(C)C)s1. The molecule has 1 aromatic heterocycles. The first-order valence-electron chi connectivity index (χ1n) is 10.2. The minimum atomic E-state index is 0.624. The number of hydrogen-bond acceptors (Lipinski definition) is 4. The van der Waals surface area contributed by atoms with E-state index in [1.807, 2.05) is 0 Å². The molecule has 0 aliphatic rings. The van der Waals surface area contributed by atoms with E-state index in [1.54, 1.807) is 11.3 Å². The normalized spacial score (nSPS) is 12.6. The highest BCUT2D eigenvalue weighted by atomic mass is 32.1. The van der Waals surface area contributed by atoms with Crippen LogP contribution in [0.15, 0.2) is 30.3 Å². The maximum atomic E-state index is 6.14. The largest absolute Gasteiger partial charge is 0.493 e. The highest BCUT2D eigenvalue weighted by molar-refractivity contribution is 7.96. The summed E-state index contributed by atoms with van der Waals surface area (Å²) in [5.74, 6) is 2.27. The third-order valence-electron chi connectivity index (χ3n) is 4.70. The van der Waals surface area contributed by atoms with Crippen LogP contribution in [0, 0.1) is 18.8 Å². The summed E-state index contributed by atoms with van der Waals surface area (Å²) >= 11 is 11.4. The lowest BCUT2D eigenvalue weighted by Gasteiger charge is -2.16. The lowest BCUT2D eigenvalue weighted by Crippen LogP contribution is -2.03. The van der Waals surface area contributed by atoms with Gasteiger partial charge in [0, 0.05) is 25.1 Å². The van der Waals surface area contributed by atoms with Crippen molar-refractivity contribution in [3.63, 3.8) is 0 Å². The van der Waals surface area contributed by atoms with Gasteiger partial charge in [-0.25, -0.2) is 0 Å². The van der Waals surface area contributed by atoms with E-state index in [0.717, 1.165) is 51.4 Å². The van der Waals surface area contributed by atoms with Gasteiger partial charge in [0.1, 0.15) is 5.75 Å². The molecule has 0 amide bonds. The summed E-state index contributed by atoms with van der Waals surface area (Å²) in [5.41, 5.74) is 2.38. The molecule has 0 unspecified atom stereocenters. The first-order valence-corrected chi connectivity index (χ1v) is 11.9. The molecule has 0 saturated carbocycles. The van der Waals surface area contributed by atoms with Gasteiger partial charge in [0.15, 0.2) is 0 Å². The van der Waals surface area contributed by atoms with Crippen molar-refractivity contribution in [3.8, 4) is 5.75 Å². The number of benzene rings is 1. The Labute approximate surface area is 186 Å². The van der Waals surface area contributed by atoms with Crippen LogP contribution < -0.4 is 4.74 Å². The maximum absolute atomic E-state index is 6.14. The Bertz CT molecular complexity index is 787. The summed E-state index contributed by atoms with van der Waals surface area (Å²) in [6, 6.07) is 10.8. The number of ether oxygens (including phenoxy) is 1. The minimum absolute atomic E-state index is 0.624. The van der Waals surface area contributed by atoms with Crippen molar-refractivity contribution < 1.29 is 4.74 Å². The molecule has 1 aromatic carbocycles. The van der Waals surface area contributed by atoms with Gasteiger partial charge in [-0.3, -0.25) is 0 Å². The third-order valence-corrected chi connectivity index (χ3v) is 6.97. The van der Waals surface area contributed by atoms with Crippen LogP contribution >= 0.6 is 36.6 Å². The predicted octanol–water partition coefficient (Wildman–Crippen LogP) is 8.15. The molecule has 0 aliphatic heterocycles. The van der Waals surface area contributed by atoms with E-state index in [-0.39, 0.29) is 0 Å². The van der Waals surface area contributed by atoms with E-state index in [0.29, 0.717) is 5.92 Å². The van der Waals surface area contributed by atoms with Crippen molar-refractivity contribution in [3.05, 3.63) is 51.2 Å². The van der Waals surface area contributed by atoms with Gasteiger partial charge >= 0.3 is 0 Å². The van der Waals surface area contributed by atoms with E-state index in [2.05, 4.69) is 65.0 Å². The van der Waals surface area contributed by atoms with Crippen LogP contribution in [0.3, 0.4) is 0 Å². The van der Waals surface area contributed by atoms with Crippen molar-refractivity contribution in [1.29, 1.82) is 0 Å². The Kier molecular flexibility index (Phi) is 9.52. The van der Waals surface area contributed by atoms with Gasteiger partial charge in [-0.05, 0) is 67.9 Å². The molecule has 0 bridgehead atoms. The van der Waals surface area contributed by atoms with Crippen LogP contribution in [-0.4, -0.2) is 6.61 Å². The quantitative estimate of drug-likeness (QED) is 0.359. The van der Waals surface area contributed by atoms with Crippen LogP contribution in [0.2, 0.25) is 0 Å². The zero-order chi connectivity index (χ0) is 20.7. The van der Waals surface area contributed by atoms with Crippen LogP contribution in [0.4, 0.5) is 0 Å². The Morgan fingerprint density at radius 2 is 1.68 bits per heavy atom. The molecule has 0 spiro atoms. The monoisotopic (exact) mass is 434 g/mol. The molecule has 0 saturated heterocycles. The number of aryl methyl sites for hydroxylation is 2. The smallest absolute Gasteiger partial charge is 0.127 e. The average molecular weight is 435 g/mol. The molecule has 4 heteroatoms. The van der Waals surface area contributed by atoms with Crippen LogP contribution in [-0.2, 0) is 6.42 Å². The molecule has 154 valence electrons. The Morgan fingerprint density at radius 3 is 2.29 bits per heavy atom. The van der Waals surface area contributed by atoms with Crippen molar-refractivity contribution in [1.82, 2.24) is 0 Å². The third kappa shape index (κ3) is 7.20. The molecular formula is C24H34OS3. The molecule has 0 aliphatic carbocycles. The van der Waals surface area contributed by atoms with Gasteiger partial charge in [-0.2, -0.15) is 0 Å². The highest BCUT2D eigenvalue weighted by Crippen LogP contribution is 2.39. The first kappa shape index (κ1) is 23.4. The van der Waals surface area contributed by atoms with Crippen LogP contribution in [0.5, 0.6) is 5.75 Å². The fourth-order valence-corrected chi connectivity index (χ4v) is 4.49. The zero-order valence-corrected chi connectivity index (χ0v) is 20.4. The highest BCUT2D eigenvalue weighted by Gasteiger charge is 2.14. The molecule has 1 nitrogen and oxygen atoms in total. The molecule has 1 heterocycles. The number of thiol groups is 2. The lowest BCUT2D eigenvalue weighted by atomic mass is 10.0. The molecule has 28 heavy (non-hydrogen) atoms. The maximum Gasteiger partial charge on any atom is 0.127 e. The van der Waals surface area contributed by atoms with E-state index in [4.69, 9.17) is 30.0 Å². The second-order valence-electron chi connectivity index (χ2n) is 8.26. The molecule has 0 fully saturated rings. The van der Waals surface area contributed by atoms with E-state index < -0.39 is 0 Å². The topological polar surface area (TPSA) is 9.23 Å². The van der Waals surface area contributed by atoms with E-state index >= 15 is 0 Å². The zero-order valence-electron chi connectivity index (χ0n) is 17.8. The number of rotatable bonds is 10. The van der Waals surface area contributed by atoms with Gasteiger partial charge in [0.2, 0.25) is 0 Å². The standard InChI is InChI=1S/C24H34OS3/c1-16(2)7-6-8-19-10-11-21(25-14-13-17(3)4)20(15-19)23(26)24(27)22-12-9-18(5)28-22/h9-12,15-17,26-27H,6-8,13-14H2,1-5H3/b24-23-. The lowest BCUT2D eigenvalue weighted by molar-refractivity contribution is 0.289. The summed E-state index contributed by atoms with van der Waals surface area (Å²) in [6.45, 7) is 11.8. The summed E-state index contributed by atoms with van der Waals surface area (Å²) in [7, 11) is 0. The van der Waals surface area contributed by atoms with Crippen LogP contribution in [0.25, 0.3) is 9.81 Å². The van der Waals surface area contributed by atoms with Crippen molar-refractivity contribution in [2.75, 3.05) is 6.61 Å². The first-order chi connectivity index (χ1) is 13.3. The fraction of sp³-hybridized carbons (Fsp3) is 0.500. The molecule has 2 rings (SSSR count). The summed E-state index contributed by atoms with van der Waals surface area (Å²) in [5, 5.41) is 0. The van der Waals surface area contributed by atoms with Gasteiger partial charge < -0.3 is 4.74 Å². The van der Waals surface area contributed by atoms with Gasteiger partial charge in [-0.15, -0.1) is 36.6 Å². The predicted molar refractivity (Wildman–Crippen MR) is 133 cm³/mol. The van der Waals surface area contributed by atoms with E-state index in [1.165, 1.54) is 23.3 Å².